The van der Waals surface area contributed by atoms with Gasteiger partial charge in [-0.1, -0.05) is 48.5 Å². The van der Waals surface area contributed by atoms with Gasteiger partial charge in [-0.2, -0.15) is 4.98 Å². The summed E-state index contributed by atoms with van der Waals surface area (Å²) in [5.74, 6) is 0.869. The van der Waals surface area contributed by atoms with E-state index in [2.05, 4.69) is 25.6 Å². The van der Waals surface area contributed by atoms with Gasteiger partial charge in [0.05, 0.1) is 5.69 Å². The number of pyridine rings is 1. The molecule has 0 unspecified atom stereocenters. The lowest BCUT2D eigenvalue weighted by molar-refractivity contribution is 0.612. The fraction of sp³-hybridized carbons (Fsp3) is 0.0870. The molecule has 4 rings (SSSR count). The zero-order valence-electron chi connectivity index (χ0n) is 15.7. The highest BCUT2D eigenvalue weighted by atomic mass is 19.1. The number of hydrogen-bond acceptors (Lipinski definition) is 5. The molecule has 0 fully saturated rings. The van der Waals surface area contributed by atoms with Crippen LogP contribution in [0.1, 0.15) is 11.1 Å². The quantitative estimate of drug-likeness (QED) is 0.474. The molecule has 0 saturated heterocycles. The van der Waals surface area contributed by atoms with Crippen LogP contribution in [0.25, 0.3) is 11.3 Å². The summed E-state index contributed by atoms with van der Waals surface area (Å²) in [5, 5.41) is 6.47. The summed E-state index contributed by atoms with van der Waals surface area (Å²) in [7, 11) is 0. The van der Waals surface area contributed by atoms with E-state index >= 15 is 0 Å². The number of benzene rings is 2. The minimum absolute atomic E-state index is 0.254. The molecule has 6 heteroatoms. The van der Waals surface area contributed by atoms with E-state index in [0.717, 1.165) is 16.8 Å². The van der Waals surface area contributed by atoms with Gasteiger partial charge in [-0.3, -0.25) is 4.98 Å². The van der Waals surface area contributed by atoms with Gasteiger partial charge < -0.3 is 10.6 Å². The average Bonchev–Trinajstić information content (AvgIpc) is 2.78. The normalized spacial score (nSPS) is 10.5. The van der Waals surface area contributed by atoms with Gasteiger partial charge in [-0.05, 0) is 23.8 Å². The molecular formula is C23H20FN5. The van der Waals surface area contributed by atoms with Crippen LogP contribution in [0.3, 0.4) is 0 Å². The first kappa shape index (κ1) is 18.6. The Hall–Kier alpha value is -3.80. The molecule has 0 spiro atoms. The summed E-state index contributed by atoms with van der Waals surface area (Å²) in [4.78, 5) is 13.2. The maximum atomic E-state index is 13.9. The van der Waals surface area contributed by atoms with Crippen molar-refractivity contribution in [2.24, 2.45) is 0 Å². The number of nitrogens with zero attached hydrogens (tertiary/aromatic N) is 3. The highest BCUT2D eigenvalue weighted by Crippen LogP contribution is 2.22. The second-order valence-corrected chi connectivity index (χ2v) is 6.48. The number of halogens is 1. The summed E-state index contributed by atoms with van der Waals surface area (Å²) in [6.07, 6.45) is 3.52. The monoisotopic (exact) mass is 385 g/mol. The van der Waals surface area contributed by atoms with Gasteiger partial charge in [0.25, 0.3) is 0 Å². The van der Waals surface area contributed by atoms with Crippen LogP contribution in [0.2, 0.25) is 0 Å². The minimum Gasteiger partial charge on any atom is -0.366 e. The molecule has 4 aromatic rings. The van der Waals surface area contributed by atoms with E-state index in [0.29, 0.717) is 30.4 Å². The molecule has 2 N–H and O–H groups in total. The van der Waals surface area contributed by atoms with Crippen LogP contribution in [0, 0.1) is 5.82 Å². The molecule has 0 aliphatic heterocycles. The Labute approximate surface area is 168 Å². The van der Waals surface area contributed by atoms with Crippen LogP contribution in [-0.4, -0.2) is 15.0 Å². The van der Waals surface area contributed by atoms with Crippen molar-refractivity contribution in [1.29, 1.82) is 0 Å². The van der Waals surface area contributed by atoms with E-state index in [1.165, 1.54) is 6.07 Å². The fourth-order valence-corrected chi connectivity index (χ4v) is 2.88. The molecule has 0 radical (unpaired) electrons. The van der Waals surface area contributed by atoms with Crippen LogP contribution in [0.5, 0.6) is 0 Å². The number of anilines is 2. The average molecular weight is 385 g/mol. The first-order chi connectivity index (χ1) is 14.3. The Balaban J connectivity index is 1.58. The van der Waals surface area contributed by atoms with E-state index in [-0.39, 0.29) is 5.82 Å². The lowest BCUT2D eigenvalue weighted by Gasteiger charge is -2.12. The maximum absolute atomic E-state index is 13.9. The smallest absolute Gasteiger partial charge is 0.225 e. The Morgan fingerprint density at radius 1 is 0.759 bits per heavy atom. The summed E-state index contributed by atoms with van der Waals surface area (Å²) in [6, 6.07) is 22.4. The largest absolute Gasteiger partial charge is 0.366 e. The molecule has 0 amide bonds. The lowest BCUT2D eigenvalue weighted by atomic mass is 10.1. The Morgan fingerprint density at radius 2 is 1.52 bits per heavy atom. The summed E-state index contributed by atoms with van der Waals surface area (Å²) >= 11 is 0. The van der Waals surface area contributed by atoms with E-state index in [1.54, 1.807) is 24.5 Å². The fourth-order valence-electron chi connectivity index (χ4n) is 2.88. The van der Waals surface area contributed by atoms with Crippen LogP contribution >= 0.6 is 0 Å². The highest BCUT2D eigenvalue weighted by Gasteiger charge is 2.08. The SMILES string of the molecule is Fc1ccccc1CNc1nc(NCc2ccncc2)cc(-c2ccccc2)n1. The zero-order valence-corrected chi connectivity index (χ0v) is 15.7. The number of hydrogen-bond donors (Lipinski definition) is 2. The predicted molar refractivity (Wildman–Crippen MR) is 113 cm³/mol. The van der Waals surface area contributed by atoms with Crippen molar-refractivity contribution in [2.45, 2.75) is 13.1 Å². The van der Waals surface area contributed by atoms with Crippen molar-refractivity contribution in [1.82, 2.24) is 15.0 Å². The first-order valence-electron chi connectivity index (χ1n) is 9.32. The molecule has 0 bridgehead atoms. The van der Waals surface area contributed by atoms with E-state index in [9.17, 15) is 4.39 Å². The molecule has 144 valence electrons. The van der Waals surface area contributed by atoms with Crippen molar-refractivity contribution >= 4 is 11.8 Å². The predicted octanol–water partition coefficient (Wildman–Crippen LogP) is 4.90. The zero-order chi connectivity index (χ0) is 19.9. The Kier molecular flexibility index (Phi) is 5.71. The second-order valence-electron chi connectivity index (χ2n) is 6.48. The molecule has 0 aliphatic rings. The Bertz CT molecular complexity index is 1070. The summed E-state index contributed by atoms with van der Waals surface area (Å²) in [5.41, 5.74) is 3.43. The molecule has 0 aliphatic carbocycles. The molecule has 29 heavy (non-hydrogen) atoms. The van der Waals surface area contributed by atoms with Gasteiger partial charge in [-0.15, -0.1) is 0 Å². The van der Waals surface area contributed by atoms with Gasteiger partial charge in [0, 0.05) is 42.7 Å². The minimum atomic E-state index is -0.254. The van der Waals surface area contributed by atoms with E-state index in [1.807, 2.05) is 54.6 Å². The first-order valence-corrected chi connectivity index (χ1v) is 9.32. The maximum Gasteiger partial charge on any atom is 0.225 e. The molecule has 5 nitrogen and oxygen atoms in total. The third-order valence-corrected chi connectivity index (χ3v) is 4.41. The van der Waals surface area contributed by atoms with Crippen molar-refractivity contribution in [3.8, 4) is 11.3 Å². The molecule has 0 saturated carbocycles. The molecule has 2 heterocycles. The summed E-state index contributed by atoms with van der Waals surface area (Å²) < 4.78 is 13.9. The van der Waals surface area contributed by atoms with Crippen LogP contribution in [0.15, 0.2) is 85.2 Å². The molecule has 0 atom stereocenters. The van der Waals surface area contributed by atoms with Gasteiger partial charge in [0.1, 0.15) is 11.6 Å². The molecule has 2 aromatic carbocycles. The third kappa shape index (κ3) is 4.93. The highest BCUT2D eigenvalue weighted by molar-refractivity contribution is 5.64. The van der Waals surface area contributed by atoms with Crippen LogP contribution in [-0.2, 0) is 13.1 Å². The lowest BCUT2D eigenvalue weighted by Crippen LogP contribution is -2.09. The van der Waals surface area contributed by atoms with E-state index < -0.39 is 0 Å². The van der Waals surface area contributed by atoms with Gasteiger partial charge >= 0.3 is 0 Å². The number of aromatic nitrogens is 3. The summed E-state index contributed by atoms with van der Waals surface area (Å²) in [6.45, 7) is 0.912. The molecular weight excluding hydrogens is 365 g/mol. The van der Waals surface area contributed by atoms with Gasteiger partial charge in [0.15, 0.2) is 0 Å². The number of nitrogens with one attached hydrogen (secondary N) is 2. The Morgan fingerprint density at radius 3 is 2.31 bits per heavy atom. The van der Waals surface area contributed by atoms with Crippen molar-refractivity contribution in [3.05, 3.63) is 102 Å². The van der Waals surface area contributed by atoms with Crippen LogP contribution in [0.4, 0.5) is 16.2 Å². The van der Waals surface area contributed by atoms with Crippen LogP contribution < -0.4 is 10.6 Å². The third-order valence-electron chi connectivity index (χ3n) is 4.41. The van der Waals surface area contributed by atoms with Crippen molar-refractivity contribution in [3.63, 3.8) is 0 Å². The van der Waals surface area contributed by atoms with E-state index in [4.69, 9.17) is 0 Å². The molecule has 2 aromatic heterocycles. The number of rotatable bonds is 7. The van der Waals surface area contributed by atoms with Crippen molar-refractivity contribution < 1.29 is 4.39 Å². The van der Waals surface area contributed by atoms with Crippen molar-refractivity contribution in [2.75, 3.05) is 10.6 Å². The van der Waals surface area contributed by atoms with Gasteiger partial charge in [-0.25, -0.2) is 9.37 Å². The van der Waals surface area contributed by atoms with Gasteiger partial charge in [0.2, 0.25) is 5.95 Å². The standard InChI is InChI=1S/C23H20FN5/c24-20-9-5-4-8-19(20)16-27-23-28-21(18-6-2-1-3-7-18)14-22(29-23)26-15-17-10-12-25-13-11-17/h1-14H,15-16H2,(H2,26,27,28,29). The topological polar surface area (TPSA) is 62.7 Å². The second kappa shape index (κ2) is 8.93.